The molecule has 1 saturated heterocycles. The van der Waals surface area contributed by atoms with Gasteiger partial charge < -0.3 is 15.0 Å². The van der Waals surface area contributed by atoms with Gasteiger partial charge in [-0.25, -0.2) is 4.68 Å². The molecule has 0 unspecified atom stereocenters. The fourth-order valence-electron chi connectivity index (χ4n) is 3.10. The predicted molar refractivity (Wildman–Crippen MR) is 93.3 cm³/mol. The van der Waals surface area contributed by atoms with E-state index in [9.17, 15) is 18.0 Å². The van der Waals surface area contributed by atoms with E-state index < -0.39 is 23.3 Å². The number of carbonyl (C=O) groups is 1. The minimum absolute atomic E-state index is 0.153. The third-order valence-corrected chi connectivity index (χ3v) is 4.50. The van der Waals surface area contributed by atoms with Crippen molar-refractivity contribution in [2.75, 3.05) is 33.3 Å². The van der Waals surface area contributed by atoms with Crippen LogP contribution in [-0.2, 0) is 6.18 Å². The maximum atomic E-state index is 13.6. The number of nitrogens with zero attached hydrogens (tertiary/aromatic N) is 5. The normalized spacial score (nSPS) is 15.4. The molecule has 0 bridgehead atoms. The third-order valence-electron chi connectivity index (χ3n) is 4.50. The van der Waals surface area contributed by atoms with Gasteiger partial charge in [0.05, 0.1) is 18.9 Å². The number of methoxy groups -OCH3 is 1. The summed E-state index contributed by atoms with van der Waals surface area (Å²) in [7, 11) is 1.37. The predicted octanol–water partition coefficient (Wildman–Crippen LogP) is 1.91. The Kier molecular flexibility index (Phi) is 6.12. The molecule has 1 amide bonds. The van der Waals surface area contributed by atoms with Gasteiger partial charge in [-0.2, -0.15) is 18.3 Å². The Labute approximate surface area is 159 Å². The zero-order valence-electron chi connectivity index (χ0n) is 15.4. The van der Waals surface area contributed by atoms with Crippen LogP contribution in [0.3, 0.4) is 0 Å². The van der Waals surface area contributed by atoms with E-state index >= 15 is 0 Å². The lowest BCUT2D eigenvalue weighted by Crippen LogP contribution is -2.38. The molecule has 28 heavy (non-hydrogen) atoms. The lowest BCUT2D eigenvalue weighted by atomic mass is 10.1. The van der Waals surface area contributed by atoms with Crippen molar-refractivity contribution < 1.29 is 22.7 Å². The number of amides is 1. The zero-order valence-corrected chi connectivity index (χ0v) is 15.4. The van der Waals surface area contributed by atoms with Gasteiger partial charge >= 0.3 is 6.18 Å². The molecule has 152 valence electrons. The van der Waals surface area contributed by atoms with Crippen molar-refractivity contribution in [1.29, 1.82) is 0 Å². The molecule has 2 aromatic rings. The first kappa shape index (κ1) is 20.1. The van der Waals surface area contributed by atoms with E-state index in [4.69, 9.17) is 4.74 Å². The quantitative estimate of drug-likeness (QED) is 0.800. The molecule has 0 aliphatic carbocycles. The van der Waals surface area contributed by atoms with Crippen LogP contribution in [0.4, 0.5) is 13.2 Å². The Balaban J connectivity index is 1.76. The summed E-state index contributed by atoms with van der Waals surface area (Å²) in [6.07, 6.45) is -0.516. The number of ether oxygens (including phenoxy) is 1. The number of carbonyl (C=O) groups excluding carboxylic acids is 1. The van der Waals surface area contributed by atoms with Crippen LogP contribution in [0, 0.1) is 0 Å². The highest BCUT2D eigenvalue weighted by molar-refractivity contribution is 5.95. The molecule has 0 radical (unpaired) electrons. The molecular weight excluding hydrogens is 377 g/mol. The monoisotopic (exact) mass is 398 g/mol. The summed E-state index contributed by atoms with van der Waals surface area (Å²) >= 11 is 0. The number of hydrogen-bond donors (Lipinski definition) is 1. The second-order valence-corrected chi connectivity index (χ2v) is 6.41. The highest BCUT2D eigenvalue weighted by atomic mass is 19.4. The standard InChI is InChI=1S/C17H21F3N6O2/c1-28-14-6-5-13(23-24-14)26-15(17(18,19)20)12(11-22-26)16(27)21-7-10-25-8-3-2-4-9-25/h5-6,11H,2-4,7-10H2,1H3,(H,21,27). The summed E-state index contributed by atoms with van der Waals surface area (Å²) in [5.41, 5.74) is -1.74. The topological polar surface area (TPSA) is 85.2 Å². The van der Waals surface area contributed by atoms with Crippen LogP contribution in [0.2, 0.25) is 0 Å². The smallest absolute Gasteiger partial charge is 0.434 e. The zero-order chi connectivity index (χ0) is 20.1. The van der Waals surface area contributed by atoms with E-state index in [1.807, 2.05) is 0 Å². The molecule has 0 atom stereocenters. The van der Waals surface area contributed by atoms with Crippen molar-refractivity contribution >= 4 is 5.91 Å². The Bertz CT molecular complexity index is 800. The summed E-state index contributed by atoms with van der Waals surface area (Å²) in [6.45, 7) is 2.75. The minimum Gasteiger partial charge on any atom is -0.480 e. The van der Waals surface area contributed by atoms with Gasteiger partial charge in [0.25, 0.3) is 5.91 Å². The summed E-state index contributed by atoms with van der Waals surface area (Å²) in [4.78, 5) is 14.5. The van der Waals surface area contributed by atoms with Crippen molar-refractivity contribution in [3.63, 3.8) is 0 Å². The van der Waals surface area contributed by atoms with Crippen LogP contribution >= 0.6 is 0 Å². The Morgan fingerprint density at radius 2 is 1.96 bits per heavy atom. The number of halogens is 3. The third kappa shape index (κ3) is 4.58. The molecule has 0 aromatic carbocycles. The van der Waals surface area contributed by atoms with Crippen LogP contribution in [-0.4, -0.2) is 64.1 Å². The Hall–Kier alpha value is -2.69. The molecule has 3 heterocycles. The van der Waals surface area contributed by atoms with Crippen LogP contribution in [0.1, 0.15) is 35.3 Å². The number of piperidine rings is 1. The fraction of sp³-hybridized carbons (Fsp3) is 0.529. The summed E-state index contributed by atoms with van der Waals surface area (Å²) in [6, 6.07) is 2.65. The fourth-order valence-corrected chi connectivity index (χ4v) is 3.10. The number of hydrogen-bond acceptors (Lipinski definition) is 6. The largest absolute Gasteiger partial charge is 0.480 e. The molecule has 0 saturated carbocycles. The van der Waals surface area contributed by atoms with Crippen molar-refractivity contribution in [1.82, 2.24) is 30.2 Å². The van der Waals surface area contributed by atoms with Crippen molar-refractivity contribution in [3.8, 4) is 11.7 Å². The SMILES string of the molecule is COc1ccc(-n2ncc(C(=O)NCCN3CCCCC3)c2C(F)(F)F)nn1. The van der Waals surface area contributed by atoms with Gasteiger partial charge in [-0.1, -0.05) is 6.42 Å². The molecule has 3 rings (SSSR count). The lowest BCUT2D eigenvalue weighted by molar-refractivity contribution is -0.143. The first-order valence-electron chi connectivity index (χ1n) is 8.94. The summed E-state index contributed by atoms with van der Waals surface area (Å²) in [5, 5.41) is 13.6. The van der Waals surface area contributed by atoms with Crippen LogP contribution < -0.4 is 10.1 Å². The van der Waals surface area contributed by atoms with E-state index in [2.05, 4.69) is 25.5 Å². The molecule has 0 spiro atoms. The first-order valence-corrected chi connectivity index (χ1v) is 8.94. The molecule has 8 nitrogen and oxygen atoms in total. The molecule has 2 aromatic heterocycles. The Morgan fingerprint density at radius 3 is 2.57 bits per heavy atom. The number of alkyl halides is 3. The minimum atomic E-state index is -4.79. The van der Waals surface area contributed by atoms with Crippen LogP contribution in [0.5, 0.6) is 5.88 Å². The van der Waals surface area contributed by atoms with Crippen molar-refractivity contribution in [2.45, 2.75) is 25.4 Å². The van der Waals surface area contributed by atoms with E-state index in [1.165, 1.54) is 25.7 Å². The van der Waals surface area contributed by atoms with Gasteiger partial charge in [-0.05, 0) is 32.0 Å². The molecule has 11 heteroatoms. The van der Waals surface area contributed by atoms with Gasteiger partial charge in [-0.3, -0.25) is 4.79 Å². The number of rotatable bonds is 6. The van der Waals surface area contributed by atoms with Gasteiger partial charge in [0.2, 0.25) is 5.88 Å². The molecule has 1 fully saturated rings. The van der Waals surface area contributed by atoms with E-state index in [-0.39, 0.29) is 18.2 Å². The van der Waals surface area contributed by atoms with Crippen LogP contribution in [0.15, 0.2) is 18.3 Å². The van der Waals surface area contributed by atoms with Gasteiger partial charge in [0.1, 0.15) is 0 Å². The van der Waals surface area contributed by atoms with E-state index in [0.29, 0.717) is 11.2 Å². The van der Waals surface area contributed by atoms with Crippen LogP contribution in [0.25, 0.3) is 5.82 Å². The van der Waals surface area contributed by atoms with Crippen molar-refractivity contribution in [3.05, 3.63) is 29.6 Å². The van der Waals surface area contributed by atoms with E-state index in [0.717, 1.165) is 32.1 Å². The number of likely N-dealkylation sites (tertiary alicyclic amines) is 1. The maximum absolute atomic E-state index is 13.6. The molecule has 1 N–H and O–H groups in total. The molecule has 1 aliphatic heterocycles. The van der Waals surface area contributed by atoms with Gasteiger partial charge in [-0.15, -0.1) is 10.2 Å². The highest BCUT2D eigenvalue weighted by Crippen LogP contribution is 2.33. The van der Waals surface area contributed by atoms with Gasteiger partial charge in [0.15, 0.2) is 11.5 Å². The number of nitrogens with one attached hydrogen (secondary N) is 1. The molecular formula is C17H21F3N6O2. The highest BCUT2D eigenvalue weighted by Gasteiger charge is 2.41. The second kappa shape index (κ2) is 8.55. The van der Waals surface area contributed by atoms with Crippen molar-refractivity contribution in [2.24, 2.45) is 0 Å². The summed E-state index contributed by atoms with van der Waals surface area (Å²) < 4.78 is 46.3. The van der Waals surface area contributed by atoms with Gasteiger partial charge in [0, 0.05) is 19.2 Å². The average molecular weight is 398 g/mol. The number of aromatic nitrogens is 4. The Morgan fingerprint density at radius 1 is 1.21 bits per heavy atom. The maximum Gasteiger partial charge on any atom is 0.434 e. The first-order chi connectivity index (χ1) is 13.4. The summed E-state index contributed by atoms with van der Waals surface area (Å²) in [5.74, 6) is -0.835. The average Bonchev–Trinajstić information content (AvgIpc) is 3.15. The molecule has 1 aliphatic rings. The second-order valence-electron chi connectivity index (χ2n) is 6.41. The lowest BCUT2D eigenvalue weighted by Gasteiger charge is -2.26. The van der Waals surface area contributed by atoms with E-state index in [1.54, 1.807) is 0 Å².